The van der Waals surface area contributed by atoms with Crippen LogP contribution in [0.25, 0.3) is 10.2 Å². The van der Waals surface area contributed by atoms with Gasteiger partial charge in [-0.05, 0) is 35.9 Å². The van der Waals surface area contributed by atoms with Crippen LogP contribution in [0.3, 0.4) is 0 Å². The molecule has 1 aromatic heterocycles. The predicted octanol–water partition coefficient (Wildman–Crippen LogP) is 5.44. The summed E-state index contributed by atoms with van der Waals surface area (Å²) < 4.78 is 15.3. The zero-order valence-corrected chi connectivity index (χ0v) is 17.8. The molecule has 0 N–H and O–H groups in total. The lowest BCUT2D eigenvalue weighted by Gasteiger charge is -2.13. The number of carbonyl (C=O) groups is 2. The monoisotopic (exact) mass is 465 g/mol. The maximum atomic E-state index is 13.8. The van der Waals surface area contributed by atoms with Gasteiger partial charge in [-0.1, -0.05) is 36.0 Å². The normalized spacial score (nSPS) is 13.1. The number of nitro groups is 1. The van der Waals surface area contributed by atoms with E-state index in [4.69, 9.17) is 0 Å². The van der Waals surface area contributed by atoms with Gasteiger partial charge in [0.15, 0.2) is 4.34 Å². The first-order chi connectivity index (χ1) is 15.4. The summed E-state index contributed by atoms with van der Waals surface area (Å²) in [5.74, 6) is -1.19. The van der Waals surface area contributed by atoms with E-state index in [1.54, 1.807) is 36.4 Å². The summed E-state index contributed by atoms with van der Waals surface area (Å²) in [4.78, 5) is 41.9. The maximum absolute atomic E-state index is 13.8. The van der Waals surface area contributed by atoms with Crippen molar-refractivity contribution in [2.45, 2.75) is 10.1 Å². The van der Waals surface area contributed by atoms with Gasteiger partial charge in [0.2, 0.25) is 0 Å². The Morgan fingerprint density at radius 2 is 1.88 bits per heavy atom. The van der Waals surface area contributed by atoms with E-state index in [0.29, 0.717) is 22.5 Å². The summed E-state index contributed by atoms with van der Waals surface area (Å²) in [7, 11) is 0. The van der Waals surface area contributed by atoms with Gasteiger partial charge < -0.3 is 0 Å². The summed E-state index contributed by atoms with van der Waals surface area (Å²) in [6.07, 6.45) is 0. The molecule has 2 amide bonds. The van der Waals surface area contributed by atoms with Gasteiger partial charge in [0.1, 0.15) is 11.4 Å². The number of nitro benzene ring substituents is 1. The van der Waals surface area contributed by atoms with E-state index < -0.39 is 22.4 Å². The number of thiazole rings is 1. The molecule has 1 aliphatic rings. The lowest BCUT2D eigenvalue weighted by atomic mass is 10.1. The zero-order chi connectivity index (χ0) is 22.4. The van der Waals surface area contributed by atoms with Gasteiger partial charge in [0.25, 0.3) is 17.5 Å². The van der Waals surface area contributed by atoms with Crippen LogP contribution >= 0.6 is 23.1 Å². The molecule has 0 aliphatic carbocycles. The van der Waals surface area contributed by atoms with E-state index in [1.807, 2.05) is 0 Å². The largest absolute Gasteiger partial charge is 0.283 e. The van der Waals surface area contributed by atoms with Crippen molar-refractivity contribution in [3.63, 3.8) is 0 Å². The molecule has 10 heteroatoms. The van der Waals surface area contributed by atoms with E-state index in [9.17, 15) is 24.1 Å². The number of rotatable bonds is 5. The van der Waals surface area contributed by atoms with Gasteiger partial charge in [-0.2, -0.15) is 0 Å². The minimum absolute atomic E-state index is 0.00901. The highest BCUT2D eigenvalue weighted by molar-refractivity contribution is 8.00. The van der Waals surface area contributed by atoms with Crippen molar-refractivity contribution in [1.82, 2.24) is 4.98 Å². The number of hydrogen-bond donors (Lipinski definition) is 0. The van der Waals surface area contributed by atoms with Crippen molar-refractivity contribution in [2.75, 3.05) is 4.90 Å². The van der Waals surface area contributed by atoms with Crippen LogP contribution in [-0.2, 0) is 5.75 Å². The first-order valence-electron chi connectivity index (χ1n) is 9.37. The Balaban J connectivity index is 1.45. The molecule has 0 atom stereocenters. The highest BCUT2D eigenvalue weighted by Gasteiger charge is 2.41. The Morgan fingerprint density at radius 3 is 2.66 bits per heavy atom. The maximum Gasteiger partial charge on any atom is 0.283 e. The molecule has 0 saturated carbocycles. The number of carbonyl (C=O) groups excluding carboxylic acids is 2. The van der Waals surface area contributed by atoms with Crippen molar-refractivity contribution in [2.24, 2.45) is 0 Å². The van der Waals surface area contributed by atoms with Crippen LogP contribution in [0.15, 0.2) is 65.0 Å². The summed E-state index contributed by atoms with van der Waals surface area (Å²) in [5.41, 5.74) is 0.978. The molecule has 0 saturated heterocycles. The third-order valence-electron chi connectivity index (χ3n) is 5.01. The summed E-state index contributed by atoms with van der Waals surface area (Å²) in [6, 6.07) is 15.5. The average molecular weight is 465 g/mol. The molecule has 7 nitrogen and oxygen atoms in total. The summed E-state index contributed by atoms with van der Waals surface area (Å²) >= 11 is 2.75. The van der Waals surface area contributed by atoms with E-state index in [-0.39, 0.29) is 16.9 Å². The van der Waals surface area contributed by atoms with E-state index in [1.165, 1.54) is 47.4 Å². The molecule has 5 rings (SSSR count). The highest BCUT2D eigenvalue weighted by atomic mass is 32.2. The molecule has 158 valence electrons. The number of hydrogen-bond acceptors (Lipinski definition) is 7. The highest BCUT2D eigenvalue weighted by Crippen LogP contribution is 2.37. The summed E-state index contributed by atoms with van der Waals surface area (Å²) in [5, 5.41) is 11.3. The van der Waals surface area contributed by atoms with Crippen molar-refractivity contribution >= 4 is 56.5 Å². The van der Waals surface area contributed by atoms with Crippen LogP contribution in [0.5, 0.6) is 0 Å². The second-order valence-electron chi connectivity index (χ2n) is 6.91. The number of benzene rings is 3. The second kappa shape index (κ2) is 7.81. The average Bonchev–Trinajstić information content (AvgIpc) is 3.30. The second-order valence-corrected chi connectivity index (χ2v) is 9.17. The number of amides is 2. The molecular formula is C22H12FN3O4S2. The molecule has 1 aliphatic heterocycles. The lowest BCUT2D eigenvalue weighted by Crippen LogP contribution is -2.29. The fourth-order valence-electron chi connectivity index (χ4n) is 3.50. The van der Waals surface area contributed by atoms with Crippen molar-refractivity contribution < 1.29 is 18.9 Å². The molecule has 32 heavy (non-hydrogen) atoms. The molecule has 0 radical (unpaired) electrons. The molecule has 3 aromatic carbocycles. The van der Waals surface area contributed by atoms with Crippen LogP contribution in [0.4, 0.5) is 15.8 Å². The van der Waals surface area contributed by atoms with Crippen LogP contribution in [0.2, 0.25) is 0 Å². The number of thioether (sulfide) groups is 1. The molecule has 4 aromatic rings. The summed E-state index contributed by atoms with van der Waals surface area (Å²) in [6.45, 7) is 0. The standard InChI is InChI=1S/C22H12FN3O4S2/c23-15-6-2-1-4-12(15)11-31-22-24-16-9-8-13(10-18(16)32-22)25-20(27)14-5-3-7-17(26(29)30)19(14)21(25)28/h1-10H,11H2. The number of anilines is 1. The lowest BCUT2D eigenvalue weighted by molar-refractivity contribution is -0.385. The number of aromatic nitrogens is 1. The molecule has 0 unspecified atom stereocenters. The van der Waals surface area contributed by atoms with Gasteiger partial charge in [-0.25, -0.2) is 14.3 Å². The first-order valence-corrected chi connectivity index (χ1v) is 11.2. The zero-order valence-electron chi connectivity index (χ0n) is 16.1. The van der Waals surface area contributed by atoms with Gasteiger partial charge in [0, 0.05) is 11.8 Å². The smallest absolute Gasteiger partial charge is 0.268 e. The van der Waals surface area contributed by atoms with Gasteiger partial charge in [-0.15, -0.1) is 11.3 Å². The van der Waals surface area contributed by atoms with Crippen LogP contribution in [0, 0.1) is 15.9 Å². The Morgan fingerprint density at radius 1 is 1.06 bits per heavy atom. The fraction of sp³-hybridized carbons (Fsp3) is 0.0455. The van der Waals surface area contributed by atoms with Crippen LogP contribution in [0.1, 0.15) is 26.3 Å². The van der Waals surface area contributed by atoms with E-state index in [0.717, 1.165) is 13.9 Å². The third-order valence-corrected chi connectivity index (χ3v) is 7.22. The fourth-order valence-corrected chi connectivity index (χ4v) is 5.59. The van der Waals surface area contributed by atoms with E-state index in [2.05, 4.69) is 4.98 Å². The van der Waals surface area contributed by atoms with Gasteiger partial charge in [-0.3, -0.25) is 19.7 Å². The number of fused-ring (bicyclic) bond motifs is 2. The topological polar surface area (TPSA) is 93.4 Å². The molecule has 2 heterocycles. The Bertz CT molecular complexity index is 1440. The van der Waals surface area contributed by atoms with Crippen molar-refractivity contribution in [3.05, 3.63) is 93.3 Å². The van der Waals surface area contributed by atoms with E-state index >= 15 is 0 Å². The van der Waals surface area contributed by atoms with Crippen molar-refractivity contribution in [3.8, 4) is 0 Å². The van der Waals surface area contributed by atoms with Gasteiger partial charge >= 0.3 is 0 Å². The minimum Gasteiger partial charge on any atom is -0.268 e. The molecule has 0 fully saturated rings. The number of nitrogens with zero attached hydrogens (tertiary/aromatic N) is 3. The molecule has 0 bridgehead atoms. The Hall–Kier alpha value is -3.63. The Kier molecular flexibility index (Phi) is 4.95. The minimum atomic E-state index is -0.727. The predicted molar refractivity (Wildman–Crippen MR) is 120 cm³/mol. The quantitative estimate of drug-likeness (QED) is 0.169. The Labute approximate surface area is 188 Å². The number of imide groups is 1. The molecular weight excluding hydrogens is 453 g/mol. The third kappa shape index (κ3) is 3.33. The number of halogens is 1. The first kappa shape index (κ1) is 20.3. The van der Waals surface area contributed by atoms with Crippen LogP contribution < -0.4 is 4.90 Å². The molecule has 0 spiro atoms. The van der Waals surface area contributed by atoms with Crippen molar-refractivity contribution in [1.29, 1.82) is 0 Å². The van der Waals surface area contributed by atoms with Gasteiger partial charge in [0.05, 0.1) is 26.4 Å². The SMILES string of the molecule is O=C1c2cccc([N+](=O)[O-])c2C(=O)N1c1ccc2nc(SCc3ccccc3F)sc2c1. The van der Waals surface area contributed by atoms with Crippen LogP contribution in [-0.4, -0.2) is 21.7 Å².